The maximum Gasteiger partial charge on any atom is 0.191 e. The zero-order chi connectivity index (χ0) is 14.8. The first-order chi connectivity index (χ1) is 10.2. The fraction of sp³-hybridized carbons (Fsp3) is 0.786. The summed E-state index contributed by atoms with van der Waals surface area (Å²) in [6.45, 7) is 5.26. The predicted octanol–water partition coefficient (Wildman–Crippen LogP) is 0.581. The molecule has 2 heterocycles. The topological polar surface area (TPSA) is 70.4 Å². The van der Waals surface area contributed by atoms with Gasteiger partial charge in [-0.1, -0.05) is 6.92 Å². The lowest BCUT2D eigenvalue weighted by molar-refractivity contribution is 0.315. The first-order valence-electron chi connectivity index (χ1n) is 7.71. The minimum atomic E-state index is 0. The smallest absolute Gasteiger partial charge is 0.191 e. The third kappa shape index (κ3) is 4.09. The van der Waals surface area contributed by atoms with Crippen LogP contribution in [0.1, 0.15) is 25.6 Å². The molecule has 22 heavy (non-hydrogen) atoms. The van der Waals surface area contributed by atoms with Gasteiger partial charge in [0.1, 0.15) is 6.33 Å². The minimum absolute atomic E-state index is 0. The molecule has 1 aliphatic carbocycles. The molecule has 0 bridgehead atoms. The lowest BCUT2D eigenvalue weighted by Crippen LogP contribution is -2.46. The van der Waals surface area contributed by atoms with Gasteiger partial charge in [0.25, 0.3) is 0 Å². The van der Waals surface area contributed by atoms with Crippen molar-refractivity contribution in [1.29, 1.82) is 0 Å². The van der Waals surface area contributed by atoms with Crippen LogP contribution in [0.3, 0.4) is 0 Å². The van der Waals surface area contributed by atoms with Gasteiger partial charge in [-0.15, -0.1) is 34.2 Å². The average molecular weight is 419 g/mol. The van der Waals surface area contributed by atoms with Crippen LogP contribution in [0.25, 0.3) is 0 Å². The molecule has 0 aromatic carbocycles. The second-order valence-electron chi connectivity index (χ2n) is 6.20. The molecular formula is C14H26IN7. The van der Waals surface area contributed by atoms with Gasteiger partial charge < -0.3 is 15.2 Å². The van der Waals surface area contributed by atoms with Crippen LogP contribution in [0.5, 0.6) is 0 Å². The highest BCUT2D eigenvalue weighted by Gasteiger charge is 2.38. The molecule has 2 fully saturated rings. The van der Waals surface area contributed by atoms with E-state index in [0.29, 0.717) is 18.5 Å². The molecule has 1 aliphatic heterocycles. The molecule has 0 radical (unpaired) electrons. The zero-order valence-corrected chi connectivity index (χ0v) is 15.8. The first kappa shape index (κ1) is 17.5. The van der Waals surface area contributed by atoms with E-state index in [1.54, 1.807) is 6.33 Å². The van der Waals surface area contributed by atoms with Gasteiger partial charge in [0, 0.05) is 39.3 Å². The van der Waals surface area contributed by atoms with Crippen molar-refractivity contribution in [3.8, 4) is 0 Å². The Balaban J connectivity index is 0.00000176. The van der Waals surface area contributed by atoms with E-state index in [1.807, 2.05) is 18.7 Å². The highest BCUT2D eigenvalue weighted by molar-refractivity contribution is 14.0. The van der Waals surface area contributed by atoms with Gasteiger partial charge in [-0.3, -0.25) is 9.89 Å². The number of aliphatic imine (C=N–C) groups is 1. The second-order valence-corrected chi connectivity index (χ2v) is 6.20. The molecule has 2 aliphatic rings. The summed E-state index contributed by atoms with van der Waals surface area (Å²) in [5, 5.41) is 14.8. The molecule has 2 unspecified atom stereocenters. The standard InChI is InChI=1S/C14H25N7.HI/c1-10-7-21(11-4-5-11)8-12(10)18-14(15-2)16-6-13-19-17-9-20(13)3;/h9-12H,4-8H2,1-3H3,(H2,15,16,18);1H. The third-order valence-electron chi connectivity index (χ3n) is 4.47. The van der Waals surface area contributed by atoms with E-state index in [4.69, 9.17) is 0 Å². The number of hydrogen-bond donors (Lipinski definition) is 2. The summed E-state index contributed by atoms with van der Waals surface area (Å²) in [4.78, 5) is 6.93. The highest BCUT2D eigenvalue weighted by atomic mass is 127. The fourth-order valence-electron chi connectivity index (χ4n) is 2.93. The number of nitrogens with one attached hydrogen (secondary N) is 2. The first-order valence-corrected chi connectivity index (χ1v) is 7.71. The van der Waals surface area contributed by atoms with Crippen LogP contribution >= 0.6 is 24.0 Å². The molecule has 0 spiro atoms. The predicted molar refractivity (Wildman–Crippen MR) is 97.3 cm³/mol. The lowest BCUT2D eigenvalue weighted by atomic mass is 10.1. The van der Waals surface area contributed by atoms with E-state index in [2.05, 4.69) is 37.6 Å². The number of aromatic nitrogens is 3. The molecule has 0 amide bonds. The Morgan fingerprint density at radius 2 is 2.18 bits per heavy atom. The van der Waals surface area contributed by atoms with E-state index < -0.39 is 0 Å². The number of halogens is 1. The zero-order valence-electron chi connectivity index (χ0n) is 13.5. The van der Waals surface area contributed by atoms with Crippen molar-refractivity contribution in [2.75, 3.05) is 20.1 Å². The van der Waals surface area contributed by atoms with Gasteiger partial charge in [0.05, 0.1) is 6.54 Å². The number of likely N-dealkylation sites (tertiary alicyclic amines) is 1. The molecule has 1 saturated carbocycles. The molecule has 3 rings (SSSR count). The molecule has 2 N–H and O–H groups in total. The van der Waals surface area contributed by atoms with Gasteiger partial charge in [0.2, 0.25) is 0 Å². The van der Waals surface area contributed by atoms with Crippen molar-refractivity contribution in [2.24, 2.45) is 18.0 Å². The SMILES string of the molecule is CN=C(NCc1nncn1C)NC1CN(C2CC2)CC1C.I. The monoisotopic (exact) mass is 419 g/mol. The number of nitrogens with zero attached hydrogens (tertiary/aromatic N) is 5. The average Bonchev–Trinajstić information content (AvgIpc) is 3.15. The summed E-state index contributed by atoms with van der Waals surface area (Å²) in [7, 11) is 3.75. The Kier molecular flexibility index (Phi) is 6.01. The van der Waals surface area contributed by atoms with E-state index in [1.165, 1.54) is 19.4 Å². The molecule has 2 atom stereocenters. The van der Waals surface area contributed by atoms with Crippen molar-refractivity contribution in [1.82, 2.24) is 30.3 Å². The Morgan fingerprint density at radius 1 is 1.41 bits per heavy atom. The van der Waals surface area contributed by atoms with E-state index in [9.17, 15) is 0 Å². The van der Waals surface area contributed by atoms with Gasteiger partial charge in [-0.05, 0) is 18.8 Å². The summed E-state index contributed by atoms with van der Waals surface area (Å²) in [5.41, 5.74) is 0. The molecular weight excluding hydrogens is 393 g/mol. The summed E-state index contributed by atoms with van der Waals surface area (Å²) in [6.07, 6.45) is 4.46. The molecule has 1 aromatic rings. The van der Waals surface area contributed by atoms with Crippen molar-refractivity contribution in [2.45, 2.75) is 38.4 Å². The van der Waals surface area contributed by atoms with Crippen LogP contribution in [0.4, 0.5) is 0 Å². The maximum atomic E-state index is 4.32. The van der Waals surface area contributed by atoms with Gasteiger partial charge in [0.15, 0.2) is 11.8 Å². The highest BCUT2D eigenvalue weighted by Crippen LogP contribution is 2.31. The fourth-order valence-corrected chi connectivity index (χ4v) is 2.93. The number of rotatable bonds is 4. The molecule has 124 valence electrons. The Morgan fingerprint density at radius 3 is 2.77 bits per heavy atom. The van der Waals surface area contributed by atoms with E-state index >= 15 is 0 Å². The van der Waals surface area contributed by atoms with Crippen LogP contribution < -0.4 is 10.6 Å². The minimum Gasteiger partial charge on any atom is -0.352 e. The molecule has 7 nitrogen and oxygen atoms in total. The van der Waals surface area contributed by atoms with Gasteiger partial charge in [-0.2, -0.15) is 0 Å². The summed E-state index contributed by atoms with van der Waals surface area (Å²) < 4.78 is 1.91. The quantitative estimate of drug-likeness (QED) is 0.425. The Labute approximate surface area is 149 Å². The Hall–Kier alpha value is -0.900. The second kappa shape index (κ2) is 7.58. The van der Waals surface area contributed by atoms with Crippen LogP contribution in [-0.4, -0.2) is 57.8 Å². The van der Waals surface area contributed by atoms with Crippen molar-refractivity contribution in [3.05, 3.63) is 12.2 Å². The number of aryl methyl sites for hydroxylation is 1. The summed E-state index contributed by atoms with van der Waals surface area (Å²) in [5.74, 6) is 2.39. The molecule has 1 aromatic heterocycles. The normalized spacial score (nSPS) is 25.9. The van der Waals surface area contributed by atoms with Crippen molar-refractivity contribution < 1.29 is 0 Å². The van der Waals surface area contributed by atoms with Crippen LogP contribution in [0, 0.1) is 5.92 Å². The third-order valence-corrected chi connectivity index (χ3v) is 4.47. The largest absolute Gasteiger partial charge is 0.352 e. The van der Waals surface area contributed by atoms with Crippen molar-refractivity contribution >= 4 is 29.9 Å². The number of hydrogen-bond acceptors (Lipinski definition) is 4. The van der Waals surface area contributed by atoms with E-state index in [-0.39, 0.29) is 24.0 Å². The van der Waals surface area contributed by atoms with Crippen LogP contribution in [0.15, 0.2) is 11.3 Å². The van der Waals surface area contributed by atoms with Crippen molar-refractivity contribution in [3.63, 3.8) is 0 Å². The molecule has 8 heteroatoms. The lowest BCUT2D eigenvalue weighted by Gasteiger charge is -2.20. The van der Waals surface area contributed by atoms with Gasteiger partial charge in [-0.25, -0.2) is 0 Å². The Bertz CT molecular complexity index is 511. The molecule has 1 saturated heterocycles. The summed E-state index contributed by atoms with van der Waals surface area (Å²) in [6, 6.07) is 1.31. The maximum absolute atomic E-state index is 4.32. The number of guanidine groups is 1. The van der Waals surface area contributed by atoms with Crippen LogP contribution in [-0.2, 0) is 13.6 Å². The van der Waals surface area contributed by atoms with E-state index in [0.717, 1.165) is 24.4 Å². The summed E-state index contributed by atoms with van der Waals surface area (Å²) >= 11 is 0. The van der Waals surface area contributed by atoms with Gasteiger partial charge >= 0.3 is 0 Å². The van der Waals surface area contributed by atoms with Crippen LogP contribution in [0.2, 0.25) is 0 Å².